The molecule has 6 heteroatoms. The van der Waals surface area contributed by atoms with E-state index in [1.165, 1.54) is 11.3 Å². The molecule has 0 aliphatic rings. The highest BCUT2D eigenvalue weighted by Gasteiger charge is 2.18. The number of hydrogen-bond acceptors (Lipinski definition) is 5. The second-order valence-electron chi connectivity index (χ2n) is 4.15. The zero-order chi connectivity index (χ0) is 13.1. The minimum Gasteiger partial charge on any atom is -0.323 e. The third-order valence-electron chi connectivity index (χ3n) is 2.38. The van der Waals surface area contributed by atoms with Gasteiger partial charge in [0.15, 0.2) is 9.84 Å². The molecule has 0 fully saturated rings. The maximum Gasteiger partial charge on any atom is 0.156 e. The third kappa shape index (κ3) is 4.04. The van der Waals surface area contributed by atoms with Crippen molar-refractivity contribution in [2.24, 2.45) is 5.73 Å². The largest absolute Gasteiger partial charge is 0.323 e. The van der Waals surface area contributed by atoms with E-state index >= 15 is 0 Å². The second-order valence-corrected chi connectivity index (χ2v) is 7.45. The Balaban J connectivity index is 2.94. The molecule has 0 radical (unpaired) electrons. The second kappa shape index (κ2) is 5.93. The highest BCUT2D eigenvalue weighted by molar-refractivity contribution is 7.90. The average Bonchev–Trinajstić information content (AvgIpc) is 2.59. The van der Waals surface area contributed by atoms with Gasteiger partial charge in [0.25, 0.3) is 0 Å². The summed E-state index contributed by atoms with van der Waals surface area (Å²) in [6.07, 6.45) is 1.44. The Labute approximate surface area is 107 Å². The molecule has 0 spiro atoms. The van der Waals surface area contributed by atoms with Crippen LogP contribution in [0.4, 0.5) is 0 Å². The van der Waals surface area contributed by atoms with Gasteiger partial charge in [-0.3, -0.25) is 0 Å². The molecule has 2 N–H and O–H groups in total. The van der Waals surface area contributed by atoms with Gasteiger partial charge >= 0.3 is 0 Å². The van der Waals surface area contributed by atoms with Crippen LogP contribution in [0.15, 0.2) is 0 Å². The fourth-order valence-electron chi connectivity index (χ4n) is 1.66. The van der Waals surface area contributed by atoms with E-state index < -0.39 is 9.84 Å². The minimum absolute atomic E-state index is 0.0469. The lowest BCUT2D eigenvalue weighted by Gasteiger charge is -2.01. The van der Waals surface area contributed by atoms with Crippen LogP contribution in [0.25, 0.3) is 0 Å². The predicted molar refractivity (Wildman–Crippen MR) is 71.9 cm³/mol. The van der Waals surface area contributed by atoms with Gasteiger partial charge in [-0.2, -0.15) is 0 Å². The quantitative estimate of drug-likeness (QED) is 0.863. The molecule has 1 aromatic rings. The van der Waals surface area contributed by atoms with Crippen molar-refractivity contribution in [3.63, 3.8) is 0 Å². The molecule has 0 aliphatic heterocycles. The van der Waals surface area contributed by atoms with Crippen molar-refractivity contribution in [3.05, 3.63) is 15.6 Å². The Morgan fingerprint density at radius 2 is 2.06 bits per heavy atom. The highest BCUT2D eigenvalue weighted by Crippen LogP contribution is 2.26. The van der Waals surface area contributed by atoms with Gasteiger partial charge in [-0.1, -0.05) is 13.8 Å². The zero-order valence-electron chi connectivity index (χ0n) is 10.6. The monoisotopic (exact) mass is 276 g/mol. The van der Waals surface area contributed by atoms with E-state index in [0.29, 0.717) is 11.4 Å². The van der Waals surface area contributed by atoms with Crippen LogP contribution in [0, 0.1) is 0 Å². The van der Waals surface area contributed by atoms with Gasteiger partial charge in [-0.15, -0.1) is 11.3 Å². The lowest BCUT2D eigenvalue weighted by atomic mass is 10.2. The summed E-state index contributed by atoms with van der Waals surface area (Å²) < 4.78 is 23.4. The Morgan fingerprint density at radius 1 is 1.41 bits per heavy atom. The van der Waals surface area contributed by atoms with Crippen molar-refractivity contribution in [2.45, 2.75) is 45.4 Å². The van der Waals surface area contributed by atoms with Crippen LogP contribution in [0.3, 0.4) is 0 Å². The van der Waals surface area contributed by atoms with E-state index in [2.05, 4.69) is 4.98 Å². The zero-order valence-corrected chi connectivity index (χ0v) is 12.2. The average molecular weight is 276 g/mol. The Bertz CT molecular complexity index is 464. The molecular weight excluding hydrogens is 256 g/mol. The summed E-state index contributed by atoms with van der Waals surface area (Å²) >= 11 is 1.43. The molecule has 0 saturated heterocycles. The molecule has 98 valence electrons. The molecular formula is C11H20N2O2S2. The maximum atomic E-state index is 11.7. The Morgan fingerprint density at radius 3 is 2.47 bits per heavy atom. The molecule has 0 aromatic carbocycles. The van der Waals surface area contributed by atoms with Crippen molar-refractivity contribution in [2.75, 3.05) is 5.75 Å². The molecule has 1 unspecified atom stereocenters. The van der Waals surface area contributed by atoms with E-state index in [0.717, 1.165) is 17.0 Å². The topological polar surface area (TPSA) is 73.0 Å². The lowest BCUT2D eigenvalue weighted by Crippen LogP contribution is -2.08. The predicted octanol–water partition coefficient (Wildman–Crippen LogP) is 2.05. The first kappa shape index (κ1) is 14.6. The summed E-state index contributed by atoms with van der Waals surface area (Å²) in [6.45, 7) is 5.77. The first-order valence-corrected chi connectivity index (χ1v) is 8.47. The van der Waals surface area contributed by atoms with Gasteiger partial charge in [-0.05, 0) is 19.8 Å². The molecule has 1 atom stereocenters. The number of aromatic nitrogens is 1. The van der Waals surface area contributed by atoms with E-state index in [1.807, 2.05) is 20.8 Å². The number of sulfone groups is 1. The maximum absolute atomic E-state index is 11.7. The first-order chi connectivity index (χ1) is 7.89. The van der Waals surface area contributed by atoms with Crippen molar-refractivity contribution < 1.29 is 8.42 Å². The first-order valence-electron chi connectivity index (χ1n) is 5.84. The number of thiazole rings is 1. The lowest BCUT2D eigenvalue weighted by molar-refractivity contribution is 0.593. The Hall–Kier alpha value is -0.460. The molecule has 4 nitrogen and oxygen atoms in total. The van der Waals surface area contributed by atoms with Crippen LogP contribution in [0.5, 0.6) is 0 Å². The van der Waals surface area contributed by atoms with E-state index in [1.54, 1.807) is 0 Å². The minimum atomic E-state index is -3.01. The van der Waals surface area contributed by atoms with Gasteiger partial charge in [0.05, 0.1) is 11.4 Å². The van der Waals surface area contributed by atoms with Gasteiger partial charge in [-0.25, -0.2) is 13.4 Å². The van der Waals surface area contributed by atoms with Crippen LogP contribution in [-0.2, 0) is 22.0 Å². The molecule has 0 saturated carbocycles. The van der Waals surface area contributed by atoms with E-state index in [4.69, 9.17) is 5.73 Å². The van der Waals surface area contributed by atoms with Crippen LogP contribution < -0.4 is 5.73 Å². The summed E-state index contributed by atoms with van der Waals surface area (Å²) in [6, 6.07) is -0.0786. The fraction of sp³-hybridized carbons (Fsp3) is 0.727. The summed E-state index contributed by atoms with van der Waals surface area (Å²) in [5.41, 5.74) is 6.78. The van der Waals surface area contributed by atoms with Gasteiger partial charge in [0.2, 0.25) is 0 Å². The number of rotatable bonds is 6. The number of hydrogen-bond donors (Lipinski definition) is 1. The highest BCUT2D eigenvalue weighted by atomic mass is 32.2. The van der Waals surface area contributed by atoms with Crippen LogP contribution in [-0.4, -0.2) is 19.2 Å². The molecule has 1 rings (SSSR count). The fourth-order valence-corrected chi connectivity index (χ4v) is 4.54. The summed E-state index contributed by atoms with van der Waals surface area (Å²) in [4.78, 5) is 5.39. The SMILES string of the molecule is CCCS(=O)(=O)Cc1nc(CC)c(C(C)N)s1. The number of nitrogens with two attached hydrogens (primary N) is 1. The van der Waals surface area contributed by atoms with Crippen molar-refractivity contribution in [1.82, 2.24) is 4.98 Å². The van der Waals surface area contributed by atoms with Gasteiger partial charge in [0, 0.05) is 10.9 Å². The Kier molecular flexibility index (Phi) is 5.09. The molecule has 0 amide bonds. The van der Waals surface area contributed by atoms with Crippen LogP contribution in [0.1, 0.15) is 48.8 Å². The van der Waals surface area contributed by atoms with E-state index in [-0.39, 0.29) is 17.5 Å². The molecule has 1 aromatic heterocycles. The van der Waals surface area contributed by atoms with Gasteiger partial charge in [0.1, 0.15) is 10.8 Å². The third-order valence-corrected chi connectivity index (χ3v) is 5.60. The molecule has 1 heterocycles. The summed E-state index contributed by atoms with van der Waals surface area (Å²) in [5.74, 6) is 0.271. The van der Waals surface area contributed by atoms with Crippen LogP contribution in [0.2, 0.25) is 0 Å². The normalized spacial score (nSPS) is 13.9. The molecule has 0 bridgehead atoms. The van der Waals surface area contributed by atoms with Crippen molar-refractivity contribution in [3.8, 4) is 0 Å². The van der Waals surface area contributed by atoms with Gasteiger partial charge < -0.3 is 5.73 Å². The van der Waals surface area contributed by atoms with E-state index in [9.17, 15) is 8.42 Å². The smallest absolute Gasteiger partial charge is 0.156 e. The summed E-state index contributed by atoms with van der Waals surface area (Å²) in [5, 5.41) is 0.669. The summed E-state index contributed by atoms with van der Waals surface area (Å²) in [7, 11) is -3.01. The molecule has 17 heavy (non-hydrogen) atoms. The van der Waals surface area contributed by atoms with Crippen molar-refractivity contribution >= 4 is 21.2 Å². The number of aryl methyl sites for hydroxylation is 1. The standard InChI is InChI=1S/C11H20N2O2S2/c1-4-6-17(14,15)7-10-13-9(5-2)11(16-10)8(3)12/h8H,4-7,12H2,1-3H3. The van der Waals surface area contributed by atoms with Crippen LogP contribution >= 0.6 is 11.3 Å². The van der Waals surface area contributed by atoms with Crippen molar-refractivity contribution in [1.29, 1.82) is 0 Å². The molecule has 0 aliphatic carbocycles. The number of nitrogens with zero attached hydrogens (tertiary/aromatic N) is 1.